The van der Waals surface area contributed by atoms with Gasteiger partial charge in [0.1, 0.15) is 5.82 Å². The zero-order valence-corrected chi connectivity index (χ0v) is 12.9. The number of rotatable bonds is 6. The summed E-state index contributed by atoms with van der Waals surface area (Å²) in [7, 11) is -3.74. The lowest BCUT2D eigenvalue weighted by molar-refractivity contribution is 0.485. The molecule has 1 atom stereocenters. The van der Waals surface area contributed by atoms with Crippen molar-refractivity contribution >= 4 is 21.6 Å². The van der Waals surface area contributed by atoms with E-state index in [1.165, 1.54) is 12.1 Å². The van der Waals surface area contributed by atoms with Crippen LogP contribution in [-0.2, 0) is 10.0 Å². The average Bonchev–Trinajstić information content (AvgIpc) is 2.30. The molecule has 1 rings (SSSR count). The summed E-state index contributed by atoms with van der Waals surface area (Å²) in [5.74, 6) is -0.0662. The Morgan fingerprint density at radius 2 is 2.00 bits per heavy atom. The zero-order chi connectivity index (χ0) is 14.6. The largest absolute Gasteiger partial charge is 0.241 e. The minimum absolute atomic E-state index is 0.0358. The van der Waals surface area contributed by atoms with Crippen LogP contribution in [-0.4, -0.2) is 20.3 Å². The number of alkyl halides is 1. The van der Waals surface area contributed by atoms with Crippen LogP contribution in [0.5, 0.6) is 0 Å². The SMILES string of the molecule is Cc1ccc(F)cc1S(=O)(=O)NC(CCl)CC(C)C. The first-order valence-corrected chi connectivity index (χ1v) is 8.12. The number of hydrogen-bond donors (Lipinski definition) is 1. The van der Waals surface area contributed by atoms with E-state index >= 15 is 0 Å². The van der Waals surface area contributed by atoms with Crippen LogP contribution in [0.1, 0.15) is 25.8 Å². The normalized spacial score (nSPS) is 13.8. The predicted octanol–water partition coefficient (Wildman–Crippen LogP) is 3.07. The van der Waals surface area contributed by atoms with Crippen LogP contribution in [0.2, 0.25) is 0 Å². The standard InChI is InChI=1S/C13H19ClFNO2S/c1-9(2)6-12(8-14)16-19(17,18)13-7-11(15)5-4-10(13)3/h4-5,7,9,12,16H,6,8H2,1-3H3. The molecule has 0 bridgehead atoms. The summed E-state index contributed by atoms with van der Waals surface area (Å²) in [6.45, 7) is 5.61. The first-order valence-electron chi connectivity index (χ1n) is 6.10. The second-order valence-corrected chi connectivity index (χ2v) is 7.00. The Morgan fingerprint density at radius 1 is 1.37 bits per heavy atom. The first-order chi connectivity index (χ1) is 8.76. The van der Waals surface area contributed by atoms with Crippen LogP contribution in [0.25, 0.3) is 0 Å². The van der Waals surface area contributed by atoms with Gasteiger partial charge in [0.05, 0.1) is 4.90 Å². The first kappa shape index (κ1) is 16.4. The summed E-state index contributed by atoms with van der Waals surface area (Å²) in [6.07, 6.45) is 0.636. The molecule has 1 aromatic carbocycles. The average molecular weight is 308 g/mol. The molecule has 0 fully saturated rings. The maximum Gasteiger partial charge on any atom is 0.241 e. The van der Waals surface area contributed by atoms with Gasteiger partial charge in [0.15, 0.2) is 0 Å². The third-order valence-electron chi connectivity index (χ3n) is 2.70. The predicted molar refractivity (Wildman–Crippen MR) is 75.4 cm³/mol. The molecule has 0 radical (unpaired) electrons. The van der Waals surface area contributed by atoms with E-state index in [9.17, 15) is 12.8 Å². The molecule has 0 saturated carbocycles. The van der Waals surface area contributed by atoms with E-state index in [1.54, 1.807) is 6.92 Å². The zero-order valence-electron chi connectivity index (χ0n) is 11.3. The van der Waals surface area contributed by atoms with Crippen molar-refractivity contribution in [3.8, 4) is 0 Å². The van der Waals surface area contributed by atoms with Crippen molar-refractivity contribution in [3.63, 3.8) is 0 Å². The lowest BCUT2D eigenvalue weighted by Crippen LogP contribution is -2.37. The van der Waals surface area contributed by atoms with E-state index in [2.05, 4.69) is 4.72 Å². The van der Waals surface area contributed by atoms with Gasteiger partial charge in [0, 0.05) is 11.9 Å². The molecule has 6 heteroatoms. The van der Waals surface area contributed by atoms with Gasteiger partial charge < -0.3 is 0 Å². The van der Waals surface area contributed by atoms with Crippen LogP contribution >= 0.6 is 11.6 Å². The van der Waals surface area contributed by atoms with Crippen molar-refractivity contribution in [1.29, 1.82) is 0 Å². The molecule has 0 heterocycles. The number of halogens is 2. The van der Waals surface area contributed by atoms with Gasteiger partial charge in [-0.1, -0.05) is 19.9 Å². The van der Waals surface area contributed by atoms with E-state index in [4.69, 9.17) is 11.6 Å². The van der Waals surface area contributed by atoms with Gasteiger partial charge in [0.25, 0.3) is 0 Å². The molecule has 108 valence electrons. The van der Waals surface area contributed by atoms with Gasteiger partial charge in [-0.25, -0.2) is 17.5 Å². The van der Waals surface area contributed by atoms with E-state index in [0.29, 0.717) is 17.9 Å². The second kappa shape index (κ2) is 6.68. The third kappa shape index (κ3) is 4.75. The Balaban J connectivity index is 3.00. The van der Waals surface area contributed by atoms with Gasteiger partial charge in [-0.3, -0.25) is 0 Å². The molecule has 0 spiro atoms. The molecular formula is C13H19ClFNO2S. The maximum atomic E-state index is 13.2. The van der Waals surface area contributed by atoms with Crippen LogP contribution in [0, 0.1) is 18.7 Å². The van der Waals surface area contributed by atoms with E-state index in [-0.39, 0.29) is 16.8 Å². The highest BCUT2D eigenvalue weighted by atomic mass is 35.5. The van der Waals surface area contributed by atoms with Gasteiger partial charge in [-0.05, 0) is 37.0 Å². The monoisotopic (exact) mass is 307 g/mol. The number of aryl methyl sites for hydroxylation is 1. The van der Waals surface area contributed by atoms with Crippen LogP contribution in [0.3, 0.4) is 0 Å². The summed E-state index contributed by atoms with van der Waals surface area (Å²) in [6, 6.07) is 3.36. The Bertz CT molecular complexity index is 531. The summed E-state index contributed by atoms with van der Waals surface area (Å²) in [4.78, 5) is -0.0358. The lowest BCUT2D eigenvalue weighted by atomic mass is 10.1. The molecule has 1 unspecified atom stereocenters. The van der Waals surface area contributed by atoms with Gasteiger partial charge in [-0.2, -0.15) is 0 Å². The fourth-order valence-electron chi connectivity index (χ4n) is 1.86. The number of hydrogen-bond acceptors (Lipinski definition) is 2. The third-order valence-corrected chi connectivity index (χ3v) is 4.74. The molecule has 0 aliphatic heterocycles. The topological polar surface area (TPSA) is 46.2 Å². The number of sulfonamides is 1. The molecule has 0 aromatic heterocycles. The summed E-state index contributed by atoms with van der Waals surface area (Å²) in [5.41, 5.74) is 0.506. The van der Waals surface area contributed by atoms with Crippen LogP contribution in [0.15, 0.2) is 23.1 Å². The Labute approximate surface area is 119 Å². The minimum atomic E-state index is -3.74. The van der Waals surface area contributed by atoms with E-state index < -0.39 is 15.8 Å². The highest BCUT2D eigenvalue weighted by Crippen LogP contribution is 2.18. The van der Waals surface area contributed by atoms with E-state index in [0.717, 1.165) is 6.07 Å². The molecule has 19 heavy (non-hydrogen) atoms. The van der Waals surface area contributed by atoms with Crippen molar-refractivity contribution in [2.75, 3.05) is 5.88 Å². The van der Waals surface area contributed by atoms with Crippen molar-refractivity contribution < 1.29 is 12.8 Å². The molecular weight excluding hydrogens is 289 g/mol. The molecule has 0 saturated heterocycles. The van der Waals surface area contributed by atoms with Crippen LogP contribution in [0.4, 0.5) is 4.39 Å². The highest BCUT2D eigenvalue weighted by Gasteiger charge is 2.22. The maximum absolute atomic E-state index is 13.2. The summed E-state index contributed by atoms with van der Waals surface area (Å²) in [5, 5.41) is 0. The van der Waals surface area contributed by atoms with Crippen molar-refractivity contribution in [1.82, 2.24) is 4.72 Å². The van der Waals surface area contributed by atoms with Crippen molar-refractivity contribution in [2.45, 2.75) is 38.1 Å². The Kier molecular flexibility index (Phi) is 5.77. The lowest BCUT2D eigenvalue weighted by Gasteiger charge is -2.18. The van der Waals surface area contributed by atoms with Crippen LogP contribution < -0.4 is 4.72 Å². The van der Waals surface area contributed by atoms with Gasteiger partial charge in [0.2, 0.25) is 10.0 Å². The fraction of sp³-hybridized carbons (Fsp3) is 0.538. The van der Waals surface area contributed by atoms with Crippen molar-refractivity contribution in [2.24, 2.45) is 5.92 Å². The summed E-state index contributed by atoms with van der Waals surface area (Å²) < 4.78 is 40.2. The molecule has 0 aliphatic carbocycles. The quantitative estimate of drug-likeness (QED) is 0.821. The Hall–Kier alpha value is -0.650. The van der Waals surface area contributed by atoms with E-state index in [1.807, 2.05) is 13.8 Å². The molecule has 1 N–H and O–H groups in total. The van der Waals surface area contributed by atoms with Gasteiger partial charge >= 0.3 is 0 Å². The molecule has 0 aliphatic rings. The second-order valence-electron chi connectivity index (χ2n) is 5.01. The number of nitrogens with one attached hydrogen (secondary N) is 1. The minimum Gasteiger partial charge on any atom is -0.207 e. The van der Waals surface area contributed by atoms with Gasteiger partial charge in [-0.15, -0.1) is 11.6 Å². The molecule has 1 aromatic rings. The molecule has 3 nitrogen and oxygen atoms in total. The number of benzene rings is 1. The Morgan fingerprint density at radius 3 is 2.53 bits per heavy atom. The summed E-state index contributed by atoms with van der Waals surface area (Å²) >= 11 is 5.78. The highest BCUT2D eigenvalue weighted by molar-refractivity contribution is 7.89. The van der Waals surface area contributed by atoms with Crippen molar-refractivity contribution in [3.05, 3.63) is 29.6 Å². The molecule has 0 amide bonds. The smallest absolute Gasteiger partial charge is 0.207 e. The fourth-order valence-corrected chi connectivity index (χ4v) is 3.66.